The summed E-state index contributed by atoms with van der Waals surface area (Å²) in [5.41, 5.74) is 0.798. The molecule has 0 aliphatic carbocycles. The number of aliphatic hydroxyl groups is 1. The summed E-state index contributed by atoms with van der Waals surface area (Å²) in [5, 5.41) is 28.2. The van der Waals surface area contributed by atoms with Crippen LogP contribution in [0.1, 0.15) is 12.0 Å². The van der Waals surface area contributed by atoms with E-state index in [1.807, 2.05) is 6.07 Å². The zero-order valence-electron chi connectivity index (χ0n) is 9.46. The molecular formula is C11H13N3O3. The number of nitrogens with zero attached hydrogens (tertiary/aromatic N) is 3. The van der Waals surface area contributed by atoms with Crippen molar-refractivity contribution in [2.24, 2.45) is 0 Å². The Labute approximate surface area is 98.9 Å². The van der Waals surface area contributed by atoms with Crippen LogP contribution < -0.4 is 4.90 Å². The summed E-state index contributed by atoms with van der Waals surface area (Å²) in [7, 11) is 1.78. The maximum Gasteiger partial charge on any atom is 0.270 e. The molecule has 0 radical (unpaired) electrons. The van der Waals surface area contributed by atoms with Gasteiger partial charge in [0, 0.05) is 32.3 Å². The molecule has 6 nitrogen and oxygen atoms in total. The van der Waals surface area contributed by atoms with Crippen molar-refractivity contribution in [1.29, 1.82) is 5.26 Å². The zero-order chi connectivity index (χ0) is 12.8. The van der Waals surface area contributed by atoms with Crippen molar-refractivity contribution in [3.8, 4) is 6.07 Å². The van der Waals surface area contributed by atoms with Crippen molar-refractivity contribution in [3.05, 3.63) is 33.9 Å². The Morgan fingerprint density at radius 2 is 2.29 bits per heavy atom. The SMILES string of the molecule is CN(CCCO)c1ccc([N+](=O)[O-])cc1C#N. The summed E-state index contributed by atoms with van der Waals surface area (Å²) in [6.07, 6.45) is 0.582. The fraction of sp³-hybridized carbons (Fsp3) is 0.364. The Hall–Kier alpha value is -2.13. The number of nitriles is 1. The summed E-state index contributed by atoms with van der Waals surface area (Å²) in [6, 6.07) is 6.11. The van der Waals surface area contributed by atoms with Crippen LogP contribution in [0.2, 0.25) is 0 Å². The van der Waals surface area contributed by atoms with E-state index in [1.54, 1.807) is 18.0 Å². The number of rotatable bonds is 5. The van der Waals surface area contributed by atoms with Crippen LogP contribution in [-0.2, 0) is 0 Å². The van der Waals surface area contributed by atoms with Gasteiger partial charge >= 0.3 is 0 Å². The highest BCUT2D eigenvalue weighted by molar-refractivity contribution is 5.62. The van der Waals surface area contributed by atoms with Crippen LogP contribution in [0.15, 0.2) is 18.2 Å². The van der Waals surface area contributed by atoms with Gasteiger partial charge in [-0.2, -0.15) is 5.26 Å². The lowest BCUT2D eigenvalue weighted by Crippen LogP contribution is -2.20. The molecule has 1 N–H and O–H groups in total. The van der Waals surface area contributed by atoms with Crippen LogP contribution in [0.3, 0.4) is 0 Å². The van der Waals surface area contributed by atoms with Crippen LogP contribution >= 0.6 is 0 Å². The quantitative estimate of drug-likeness (QED) is 0.613. The second-order valence-electron chi connectivity index (χ2n) is 3.57. The number of benzene rings is 1. The van der Waals surface area contributed by atoms with E-state index in [4.69, 9.17) is 10.4 Å². The predicted octanol–water partition coefficient (Wildman–Crippen LogP) is 1.29. The lowest BCUT2D eigenvalue weighted by Gasteiger charge is -2.19. The highest BCUT2D eigenvalue weighted by atomic mass is 16.6. The average molecular weight is 235 g/mol. The topological polar surface area (TPSA) is 90.4 Å². The van der Waals surface area contributed by atoms with Gasteiger partial charge in [0.05, 0.1) is 16.2 Å². The monoisotopic (exact) mass is 235 g/mol. The highest BCUT2D eigenvalue weighted by Gasteiger charge is 2.12. The normalized spacial score (nSPS) is 9.71. The molecule has 0 aliphatic heterocycles. The van der Waals surface area contributed by atoms with Gasteiger partial charge < -0.3 is 10.0 Å². The van der Waals surface area contributed by atoms with E-state index in [0.717, 1.165) is 0 Å². The minimum absolute atomic E-state index is 0.0687. The van der Waals surface area contributed by atoms with E-state index in [9.17, 15) is 10.1 Å². The van der Waals surface area contributed by atoms with Crippen LogP contribution in [-0.4, -0.2) is 30.2 Å². The van der Waals surface area contributed by atoms with Crippen molar-refractivity contribution in [1.82, 2.24) is 0 Å². The molecule has 1 aromatic rings. The summed E-state index contributed by atoms with van der Waals surface area (Å²) in [4.78, 5) is 11.8. The molecule has 0 spiro atoms. The van der Waals surface area contributed by atoms with E-state index in [-0.39, 0.29) is 17.9 Å². The molecule has 0 saturated carbocycles. The third-order valence-electron chi connectivity index (χ3n) is 2.37. The summed E-state index contributed by atoms with van der Waals surface area (Å²) in [6.45, 7) is 0.655. The molecule has 0 fully saturated rings. The van der Waals surface area contributed by atoms with Gasteiger partial charge in [-0.1, -0.05) is 0 Å². The Morgan fingerprint density at radius 1 is 1.59 bits per heavy atom. The fourth-order valence-corrected chi connectivity index (χ4v) is 1.49. The first kappa shape index (κ1) is 12.9. The van der Waals surface area contributed by atoms with Crippen molar-refractivity contribution in [3.63, 3.8) is 0 Å². The third kappa shape index (κ3) is 3.16. The lowest BCUT2D eigenvalue weighted by molar-refractivity contribution is -0.384. The first-order valence-corrected chi connectivity index (χ1v) is 5.10. The Balaban J connectivity index is 3.01. The molecule has 0 saturated heterocycles. The Kier molecular flexibility index (Phi) is 4.43. The second kappa shape index (κ2) is 5.82. The van der Waals surface area contributed by atoms with E-state index >= 15 is 0 Å². The van der Waals surface area contributed by atoms with E-state index in [0.29, 0.717) is 18.7 Å². The molecule has 0 atom stereocenters. The minimum atomic E-state index is -0.529. The maximum absolute atomic E-state index is 10.6. The van der Waals surface area contributed by atoms with Gasteiger partial charge in [-0.05, 0) is 12.5 Å². The molecule has 1 rings (SSSR count). The molecule has 17 heavy (non-hydrogen) atoms. The molecule has 0 bridgehead atoms. The number of nitro groups is 1. The van der Waals surface area contributed by atoms with Gasteiger partial charge in [0.15, 0.2) is 0 Å². The minimum Gasteiger partial charge on any atom is -0.396 e. The lowest BCUT2D eigenvalue weighted by atomic mass is 10.1. The number of hydrogen-bond acceptors (Lipinski definition) is 5. The van der Waals surface area contributed by atoms with Crippen molar-refractivity contribution in [2.75, 3.05) is 25.1 Å². The molecule has 6 heteroatoms. The van der Waals surface area contributed by atoms with E-state index in [1.165, 1.54) is 12.1 Å². The predicted molar refractivity (Wildman–Crippen MR) is 62.8 cm³/mol. The van der Waals surface area contributed by atoms with Gasteiger partial charge in [-0.15, -0.1) is 0 Å². The van der Waals surface area contributed by atoms with Gasteiger partial charge in [0.2, 0.25) is 0 Å². The molecule has 1 aromatic carbocycles. The highest BCUT2D eigenvalue weighted by Crippen LogP contribution is 2.24. The molecular weight excluding hydrogens is 222 g/mol. The van der Waals surface area contributed by atoms with Gasteiger partial charge in [-0.3, -0.25) is 10.1 Å². The van der Waals surface area contributed by atoms with Gasteiger partial charge in [0.1, 0.15) is 6.07 Å². The molecule has 0 unspecified atom stereocenters. The van der Waals surface area contributed by atoms with Gasteiger partial charge in [-0.25, -0.2) is 0 Å². The maximum atomic E-state index is 10.6. The zero-order valence-corrected chi connectivity index (χ0v) is 9.46. The number of non-ortho nitro benzene ring substituents is 1. The second-order valence-corrected chi connectivity index (χ2v) is 3.57. The first-order chi connectivity index (χ1) is 8.10. The molecule has 90 valence electrons. The molecule has 0 amide bonds. The number of nitro benzene ring substituents is 1. The van der Waals surface area contributed by atoms with E-state index in [2.05, 4.69) is 0 Å². The Morgan fingerprint density at radius 3 is 2.82 bits per heavy atom. The average Bonchev–Trinajstić information content (AvgIpc) is 2.34. The number of anilines is 1. The first-order valence-electron chi connectivity index (χ1n) is 5.10. The molecule has 0 heterocycles. The number of hydrogen-bond donors (Lipinski definition) is 1. The van der Waals surface area contributed by atoms with Crippen LogP contribution in [0, 0.1) is 21.4 Å². The van der Waals surface area contributed by atoms with Crippen molar-refractivity contribution < 1.29 is 10.0 Å². The van der Waals surface area contributed by atoms with Crippen molar-refractivity contribution in [2.45, 2.75) is 6.42 Å². The fourth-order valence-electron chi connectivity index (χ4n) is 1.49. The molecule has 0 aromatic heterocycles. The largest absolute Gasteiger partial charge is 0.396 e. The summed E-state index contributed by atoms with van der Waals surface area (Å²) < 4.78 is 0. The van der Waals surface area contributed by atoms with Crippen molar-refractivity contribution >= 4 is 11.4 Å². The van der Waals surface area contributed by atoms with Crippen LogP contribution in [0.5, 0.6) is 0 Å². The Bertz CT molecular complexity index is 454. The summed E-state index contributed by atoms with van der Waals surface area (Å²) >= 11 is 0. The van der Waals surface area contributed by atoms with Crippen LogP contribution in [0.25, 0.3) is 0 Å². The van der Waals surface area contributed by atoms with E-state index < -0.39 is 4.92 Å². The van der Waals surface area contributed by atoms with Gasteiger partial charge in [0.25, 0.3) is 5.69 Å². The standard InChI is InChI=1S/C11H13N3O3/c1-13(5-2-6-15)11-4-3-10(14(16)17)7-9(11)8-12/h3-4,7,15H,2,5-6H2,1H3. The molecule has 0 aliphatic rings. The number of aliphatic hydroxyl groups excluding tert-OH is 1. The third-order valence-corrected chi connectivity index (χ3v) is 2.37. The smallest absolute Gasteiger partial charge is 0.270 e. The van der Waals surface area contributed by atoms with Crippen LogP contribution in [0.4, 0.5) is 11.4 Å². The summed E-state index contributed by atoms with van der Waals surface area (Å²) in [5.74, 6) is 0.